The van der Waals surface area contributed by atoms with Gasteiger partial charge in [-0.05, 0) is 61.6 Å². The van der Waals surface area contributed by atoms with Crippen molar-refractivity contribution in [3.05, 3.63) is 35.4 Å². The first kappa shape index (κ1) is 21.4. The smallest absolute Gasteiger partial charge is 0.253 e. The number of hydrogen-bond acceptors (Lipinski definition) is 2. The van der Waals surface area contributed by atoms with E-state index in [-0.39, 0.29) is 29.9 Å². The van der Waals surface area contributed by atoms with Gasteiger partial charge in [0.1, 0.15) is 0 Å². The molecule has 5 nitrogen and oxygen atoms in total. The molecule has 1 amide bonds. The molecule has 2 aliphatic heterocycles. The maximum Gasteiger partial charge on any atom is 0.253 e. The Morgan fingerprint density at radius 2 is 1.71 bits per heavy atom. The molecule has 3 fully saturated rings. The molecular weight excluding hydrogens is 463 g/mol. The average Bonchev–Trinajstić information content (AvgIpc) is 3.15. The Labute approximate surface area is 186 Å². The molecule has 1 aliphatic carbocycles. The number of nitrogens with zero attached hydrogens (tertiary/aromatic N) is 3. The van der Waals surface area contributed by atoms with E-state index in [9.17, 15) is 4.79 Å². The van der Waals surface area contributed by atoms with Crippen LogP contribution >= 0.6 is 24.0 Å². The molecule has 0 radical (unpaired) electrons. The molecule has 1 saturated carbocycles. The Kier molecular flexibility index (Phi) is 7.23. The molecule has 3 aliphatic rings. The van der Waals surface area contributed by atoms with Crippen molar-refractivity contribution in [2.45, 2.75) is 51.5 Å². The van der Waals surface area contributed by atoms with Gasteiger partial charge >= 0.3 is 0 Å². The summed E-state index contributed by atoms with van der Waals surface area (Å²) in [6.45, 7) is 4.80. The number of carbonyl (C=O) groups is 1. The molecule has 1 N–H and O–H groups in total. The Balaban J connectivity index is 0.00000225. The number of piperidine rings is 1. The highest BCUT2D eigenvalue weighted by Gasteiger charge is 2.43. The summed E-state index contributed by atoms with van der Waals surface area (Å²) >= 11 is 0. The zero-order chi connectivity index (χ0) is 18.7. The number of amides is 1. The van der Waals surface area contributed by atoms with Crippen LogP contribution < -0.4 is 5.32 Å². The number of nitrogens with one attached hydrogen (secondary N) is 1. The number of carbonyl (C=O) groups excluding carboxylic acids is 1. The van der Waals surface area contributed by atoms with E-state index in [0.29, 0.717) is 5.41 Å². The fraction of sp³-hybridized carbons (Fsp3) is 0.636. The summed E-state index contributed by atoms with van der Waals surface area (Å²) in [5.74, 6) is 1.18. The monoisotopic (exact) mass is 496 g/mol. The lowest BCUT2D eigenvalue weighted by Gasteiger charge is -2.38. The second-order valence-electron chi connectivity index (χ2n) is 8.48. The van der Waals surface area contributed by atoms with Crippen molar-refractivity contribution in [1.82, 2.24) is 15.1 Å². The van der Waals surface area contributed by atoms with Crippen LogP contribution in [0.4, 0.5) is 0 Å². The van der Waals surface area contributed by atoms with Crippen LogP contribution in [0.25, 0.3) is 0 Å². The van der Waals surface area contributed by atoms with E-state index in [0.717, 1.165) is 57.1 Å². The van der Waals surface area contributed by atoms with Gasteiger partial charge in [-0.1, -0.05) is 18.6 Å². The SMILES string of the molecule is CN=C(NCc1ccc(C(=O)N2CCCCC2)cc1)N1CCC2(CCC2)C1.I. The van der Waals surface area contributed by atoms with Crippen molar-refractivity contribution in [2.75, 3.05) is 33.2 Å². The van der Waals surface area contributed by atoms with Gasteiger partial charge < -0.3 is 15.1 Å². The average molecular weight is 496 g/mol. The second-order valence-corrected chi connectivity index (χ2v) is 8.48. The highest BCUT2D eigenvalue weighted by Crippen LogP contribution is 2.47. The van der Waals surface area contributed by atoms with Gasteiger partial charge in [-0.25, -0.2) is 0 Å². The van der Waals surface area contributed by atoms with E-state index in [1.807, 2.05) is 24.1 Å². The number of halogens is 1. The number of benzene rings is 1. The molecule has 6 heteroatoms. The van der Waals surface area contributed by atoms with Crippen molar-refractivity contribution >= 4 is 35.8 Å². The van der Waals surface area contributed by atoms with Crippen molar-refractivity contribution in [3.63, 3.8) is 0 Å². The molecule has 0 aromatic heterocycles. The molecule has 1 spiro atoms. The summed E-state index contributed by atoms with van der Waals surface area (Å²) in [7, 11) is 1.87. The van der Waals surface area contributed by atoms with Crippen LogP contribution in [0, 0.1) is 5.41 Å². The first-order valence-electron chi connectivity index (χ1n) is 10.5. The van der Waals surface area contributed by atoms with Gasteiger partial charge in [0.15, 0.2) is 5.96 Å². The largest absolute Gasteiger partial charge is 0.352 e. The number of hydrogen-bond donors (Lipinski definition) is 1. The summed E-state index contributed by atoms with van der Waals surface area (Å²) in [4.78, 5) is 21.5. The minimum Gasteiger partial charge on any atom is -0.352 e. The Morgan fingerprint density at radius 1 is 1.00 bits per heavy atom. The minimum atomic E-state index is 0. The fourth-order valence-electron chi connectivity index (χ4n) is 4.76. The number of aliphatic imine (C=N–C) groups is 1. The van der Waals surface area contributed by atoms with Crippen LogP contribution in [0.5, 0.6) is 0 Å². The lowest BCUT2D eigenvalue weighted by atomic mass is 9.68. The van der Waals surface area contributed by atoms with Crippen LogP contribution in [-0.4, -0.2) is 54.9 Å². The van der Waals surface area contributed by atoms with Gasteiger partial charge in [-0.15, -0.1) is 24.0 Å². The van der Waals surface area contributed by atoms with Crippen molar-refractivity contribution < 1.29 is 4.79 Å². The van der Waals surface area contributed by atoms with Crippen LogP contribution in [0.2, 0.25) is 0 Å². The third kappa shape index (κ3) is 4.63. The van der Waals surface area contributed by atoms with E-state index in [1.165, 1.54) is 37.7 Å². The standard InChI is InChI=1S/C22H32N4O.HI/c1-23-21(26-15-12-22(17-26)10-5-11-22)24-16-18-6-8-19(9-7-18)20(27)25-13-3-2-4-14-25;/h6-9H,2-5,10-17H2,1H3,(H,23,24);1H. The lowest BCUT2D eigenvalue weighted by Crippen LogP contribution is -2.42. The molecule has 2 heterocycles. The summed E-state index contributed by atoms with van der Waals surface area (Å²) in [6, 6.07) is 8.07. The van der Waals surface area contributed by atoms with Crippen LogP contribution in [0.1, 0.15) is 60.9 Å². The zero-order valence-electron chi connectivity index (χ0n) is 17.0. The second kappa shape index (κ2) is 9.46. The molecule has 4 rings (SSSR count). The summed E-state index contributed by atoms with van der Waals surface area (Å²) in [5.41, 5.74) is 2.56. The third-order valence-corrected chi connectivity index (χ3v) is 6.66. The third-order valence-electron chi connectivity index (χ3n) is 6.66. The van der Waals surface area contributed by atoms with Crippen LogP contribution in [0.15, 0.2) is 29.3 Å². The molecule has 154 valence electrons. The number of likely N-dealkylation sites (tertiary alicyclic amines) is 2. The zero-order valence-corrected chi connectivity index (χ0v) is 19.3. The Hall–Kier alpha value is -1.31. The van der Waals surface area contributed by atoms with E-state index in [4.69, 9.17) is 0 Å². The molecule has 0 bridgehead atoms. The first-order valence-corrected chi connectivity index (χ1v) is 10.5. The molecule has 2 saturated heterocycles. The molecular formula is C22H33IN4O. The molecule has 1 aromatic rings. The predicted molar refractivity (Wildman–Crippen MR) is 124 cm³/mol. The summed E-state index contributed by atoms with van der Waals surface area (Å²) in [5, 5.41) is 3.51. The summed E-state index contributed by atoms with van der Waals surface area (Å²) in [6.07, 6.45) is 8.96. The molecule has 0 atom stereocenters. The van der Waals surface area contributed by atoms with Crippen molar-refractivity contribution in [1.29, 1.82) is 0 Å². The van der Waals surface area contributed by atoms with Crippen LogP contribution in [0.3, 0.4) is 0 Å². The maximum absolute atomic E-state index is 12.6. The van der Waals surface area contributed by atoms with Gasteiger partial charge in [0, 0.05) is 45.3 Å². The van der Waals surface area contributed by atoms with Crippen LogP contribution in [-0.2, 0) is 6.54 Å². The van der Waals surface area contributed by atoms with E-state index < -0.39 is 0 Å². The van der Waals surface area contributed by atoms with E-state index in [2.05, 4.69) is 27.3 Å². The van der Waals surface area contributed by atoms with Crippen molar-refractivity contribution in [2.24, 2.45) is 10.4 Å². The Morgan fingerprint density at radius 3 is 2.29 bits per heavy atom. The highest BCUT2D eigenvalue weighted by molar-refractivity contribution is 14.0. The Bertz CT molecular complexity index is 693. The molecule has 28 heavy (non-hydrogen) atoms. The number of guanidine groups is 1. The van der Waals surface area contributed by atoms with Crippen molar-refractivity contribution in [3.8, 4) is 0 Å². The topological polar surface area (TPSA) is 47.9 Å². The minimum absolute atomic E-state index is 0. The van der Waals surface area contributed by atoms with Gasteiger partial charge in [0.25, 0.3) is 5.91 Å². The van der Waals surface area contributed by atoms with Gasteiger partial charge in [-0.2, -0.15) is 0 Å². The molecule has 0 unspecified atom stereocenters. The van der Waals surface area contributed by atoms with E-state index in [1.54, 1.807) is 0 Å². The highest BCUT2D eigenvalue weighted by atomic mass is 127. The normalized spacial score (nSPS) is 21.2. The maximum atomic E-state index is 12.6. The van der Waals surface area contributed by atoms with Gasteiger partial charge in [0.05, 0.1) is 0 Å². The predicted octanol–water partition coefficient (Wildman–Crippen LogP) is 3.88. The fourth-order valence-corrected chi connectivity index (χ4v) is 4.76. The summed E-state index contributed by atoms with van der Waals surface area (Å²) < 4.78 is 0. The first-order chi connectivity index (χ1) is 13.2. The van der Waals surface area contributed by atoms with E-state index >= 15 is 0 Å². The lowest BCUT2D eigenvalue weighted by molar-refractivity contribution is 0.0724. The van der Waals surface area contributed by atoms with Gasteiger partial charge in [-0.3, -0.25) is 9.79 Å². The quantitative estimate of drug-likeness (QED) is 0.393. The number of rotatable bonds is 3. The molecule has 1 aromatic carbocycles. The van der Waals surface area contributed by atoms with Gasteiger partial charge in [0.2, 0.25) is 0 Å².